The second-order valence-electron chi connectivity index (χ2n) is 6.28. The maximum absolute atomic E-state index is 5.95. The summed E-state index contributed by atoms with van der Waals surface area (Å²) in [4.78, 5) is 4.29. The molecule has 0 N–H and O–H groups in total. The predicted octanol–water partition coefficient (Wildman–Crippen LogP) is 1.23. The molecule has 2 radical (unpaired) electrons. The molecule has 102 valence electrons. The van der Waals surface area contributed by atoms with Gasteiger partial charge in [0, 0.05) is 0 Å². The van der Waals surface area contributed by atoms with Crippen molar-refractivity contribution in [3.05, 3.63) is 0 Å². The molecule has 0 aromatic heterocycles. The van der Waals surface area contributed by atoms with Crippen molar-refractivity contribution in [1.82, 2.24) is 9.80 Å². The van der Waals surface area contributed by atoms with E-state index in [0.29, 0.717) is 0 Å². The van der Waals surface area contributed by atoms with Crippen LogP contribution in [-0.4, -0.2) is 84.3 Å². The Morgan fingerprint density at radius 1 is 0.765 bits per heavy atom. The van der Waals surface area contributed by atoms with Crippen LogP contribution >= 0.6 is 0 Å². The molecule has 0 saturated heterocycles. The zero-order chi connectivity index (χ0) is 13.7. The molecule has 0 rings (SSSR count). The minimum absolute atomic E-state index is 0.107. The van der Waals surface area contributed by atoms with Gasteiger partial charge < -0.3 is 0 Å². The molecule has 5 heteroatoms. The molecule has 0 spiro atoms. The van der Waals surface area contributed by atoms with Crippen LogP contribution < -0.4 is 0 Å². The van der Waals surface area contributed by atoms with Crippen LogP contribution in [0.2, 0.25) is 0 Å². The van der Waals surface area contributed by atoms with E-state index in [2.05, 4.69) is 65.7 Å². The standard InChI is InChI=1S/2C6H14NO.Sn/c2*1-6(2,8)5-7(3)4;/h2*5H2,1-4H3;/q2*-1;+2. The van der Waals surface area contributed by atoms with Crippen molar-refractivity contribution in [3.8, 4) is 0 Å². The molecule has 0 bridgehead atoms. The summed E-state index contributed by atoms with van der Waals surface area (Å²) in [7, 11) is 8.25. The first-order valence-electron chi connectivity index (χ1n) is 5.94. The van der Waals surface area contributed by atoms with Crippen LogP contribution in [0.5, 0.6) is 0 Å². The molecule has 17 heavy (non-hydrogen) atoms. The first kappa shape index (κ1) is 17.6. The Kier molecular flexibility index (Phi) is 7.56. The fourth-order valence-electron chi connectivity index (χ4n) is 1.83. The third-order valence-corrected chi connectivity index (χ3v) is 5.66. The van der Waals surface area contributed by atoms with Gasteiger partial charge in [-0.25, -0.2) is 0 Å². The SMILES string of the molecule is CN(C)CC(C)(C)[O][Sn][O]C(C)(C)CN(C)C. The summed E-state index contributed by atoms with van der Waals surface area (Å²) in [5, 5.41) is 0. The second-order valence-corrected chi connectivity index (χ2v) is 7.92. The predicted molar refractivity (Wildman–Crippen MR) is 73.2 cm³/mol. The van der Waals surface area contributed by atoms with Crippen molar-refractivity contribution in [3.63, 3.8) is 0 Å². The Morgan fingerprint density at radius 2 is 1.06 bits per heavy atom. The van der Waals surface area contributed by atoms with E-state index in [-0.39, 0.29) is 11.2 Å². The van der Waals surface area contributed by atoms with E-state index in [1.165, 1.54) is 0 Å². The summed E-state index contributed by atoms with van der Waals surface area (Å²) >= 11 is -1.22. The second kappa shape index (κ2) is 7.28. The summed E-state index contributed by atoms with van der Waals surface area (Å²) in [5.74, 6) is 0. The Hall–Kier alpha value is 0.639. The van der Waals surface area contributed by atoms with Crippen molar-refractivity contribution in [2.75, 3.05) is 41.3 Å². The molecular weight excluding hydrogens is 323 g/mol. The molecule has 0 atom stereocenters. The van der Waals surface area contributed by atoms with Crippen molar-refractivity contribution in [2.45, 2.75) is 38.9 Å². The van der Waals surface area contributed by atoms with Crippen LogP contribution in [0, 0.1) is 0 Å². The summed E-state index contributed by atoms with van der Waals surface area (Å²) in [6, 6.07) is 0. The van der Waals surface area contributed by atoms with Gasteiger partial charge in [-0.1, -0.05) is 0 Å². The van der Waals surface area contributed by atoms with Gasteiger partial charge in [0.05, 0.1) is 0 Å². The molecule has 0 heterocycles. The summed E-state index contributed by atoms with van der Waals surface area (Å²) in [5.41, 5.74) is -0.215. The molecule has 0 aromatic carbocycles. The van der Waals surface area contributed by atoms with Crippen molar-refractivity contribution >= 4 is 22.0 Å². The zero-order valence-corrected chi connectivity index (χ0v) is 15.5. The summed E-state index contributed by atoms with van der Waals surface area (Å²) < 4.78 is 11.9. The van der Waals surface area contributed by atoms with Gasteiger partial charge in [0.15, 0.2) is 0 Å². The normalized spacial score (nSPS) is 13.8. The topological polar surface area (TPSA) is 24.9 Å². The van der Waals surface area contributed by atoms with Gasteiger partial charge in [0.1, 0.15) is 0 Å². The molecule has 0 aromatic rings. The first-order valence-corrected chi connectivity index (χ1v) is 8.28. The molecule has 0 amide bonds. The van der Waals surface area contributed by atoms with Gasteiger partial charge in [0.25, 0.3) is 0 Å². The van der Waals surface area contributed by atoms with Gasteiger partial charge in [-0.3, -0.25) is 0 Å². The van der Waals surface area contributed by atoms with E-state index in [9.17, 15) is 0 Å². The van der Waals surface area contributed by atoms with Gasteiger partial charge in [0.2, 0.25) is 0 Å². The van der Waals surface area contributed by atoms with E-state index in [4.69, 9.17) is 6.15 Å². The molecule has 0 aliphatic rings. The quantitative estimate of drug-likeness (QED) is 0.615. The molecule has 4 nitrogen and oxygen atoms in total. The third-order valence-electron chi connectivity index (χ3n) is 2.03. The summed E-state index contributed by atoms with van der Waals surface area (Å²) in [6.07, 6.45) is 0. The van der Waals surface area contributed by atoms with Crippen LogP contribution in [0.25, 0.3) is 0 Å². The average molecular weight is 351 g/mol. The Labute approximate surface area is 118 Å². The number of hydrogen-bond acceptors (Lipinski definition) is 4. The number of nitrogens with zero attached hydrogens (tertiary/aromatic N) is 2. The van der Waals surface area contributed by atoms with Crippen LogP contribution in [0.1, 0.15) is 27.7 Å². The van der Waals surface area contributed by atoms with E-state index in [1.807, 2.05) is 0 Å². The third kappa shape index (κ3) is 10.3. The fourth-order valence-corrected chi connectivity index (χ4v) is 3.61. The maximum atomic E-state index is 5.95. The van der Waals surface area contributed by atoms with Gasteiger partial charge in [-0.05, 0) is 0 Å². The van der Waals surface area contributed by atoms with Crippen LogP contribution in [-0.2, 0) is 6.15 Å². The average Bonchev–Trinajstić information content (AvgIpc) is 1.96. The van der Waals surface area contributed by atoms with Crippen LogP contribution in [0.3, 0.4) is 0 Å². The summed E-state index contributed by atoms with van der Waals surface area (Å²) in [6.45, 7) is 10.3. The first-order chi connectivity index (χ1) is 7.54. The van der Waals surface area contributed by atoms with E-state index in [1.54, 1.807) is 0 Å². The number of hydrogen-bond donors (Lipinski definition) is 0. The molecule has 0 saturated carbocycles. The molecule has 0 aliphatic heterocycles. The van der Waals surface area contributed by atoms with E-state index >= 15 is 0 Å². The molecule has 0 unspecified atom stereocenters. The van der Waals surface area contributed by atoms with Gasteiger partial charge in [-0.2, -0.15) is 0 Å². The zero-order valence-electron chi connectivity index (χ0n) is 12.6. The fraction of sp³-hybridized carbons (Fsp3) is 1.00. The number of rotatable bonds is 8. The molecule has 0 fully saturated rings. The van der Waals surface area contributed by atoms with E-state index in [0.717, 1.165) is 13.1 Å². The van der Waals surface area contributed by atoms with E-state index < -0.39 is 22.0 Å². The van der Waals surface area contributed by atoms with Crippen LogP contribution in [0.15, 0.2) is 0 Å². The molecule has 0 aliphatic carbocycles. The Balaban J connectivity index is 3.97. The van der Waals surface area contributed by atoms with Crippen LogP contribution in [0.4, 0.5) is 0 Å². The minimum atomic E-state index is -1.22. The monoisotopic (exact) mass is 352 g/mol. The van der Waals surface area contributed by atoms with Gasteiger partial charge in [-0.15, -0.1) is 0 Å². The Bertz CT molecular complexity index is 197. The van der Waals surface area contributed by atoms with Crippen molar-refractivity contribution < 1.29 is 6.15 Å². The van der Waals surface area contributed by atoms with Gasteiger partial charge >= 0.3 is 118 Å². The number of likely N-dealkylation sites (N-methyl/N-ethyl adjacent to an activating group) is 2. The molecular formula is C12H28N2O2Sn. The van der Waals surface area contributed by atoms with Crippen molar-refractivity contribution in [2.24, 2.45) is 0 Å². The Morgan fingerprint density at radius 3 is 1.29 bits per heavy atom. The van der Waals surface area contributed by atoms with Crippen molar-refractivity contribution in [1.29, 1.82) is 0 Å².